The maximum absolute atomic E-state index is 8.93. The van der Waals surface area contributed by atoms with Gasteiger partial charge in [0.15, 0.2) is 0 Å². The monoisotopic (exact) mass is 187 g/mol. The number of aromatic nitrogens is 1. The molecule has 2 N–H and O–H groups in total. The van der Waals surface area contributed by atoms with Crippen LogP contribution < -0.4 is 0 Å². The number of benzene rings is 1. The van der Waals surface area contributed by atoms with Crippen molar-refractivity contribution in [2.45, 2.75) is 6.92 Å². The second kappa shape index (κ2) is 3.68. The lowest BCUT2D eigenvalue weighted by atomic mass is 10.1. The third-order valence-electron chi connectivity index (χ3n) is 2.27. The molecule has 0 unspecified atom stereocenters. The number of hydrogen-bond donors (Lipinski definition) is 2. The van der Waals surface area contributed by atoms with Crippen LogP contribution in [0.4, 0.5) is 0 Å². The molecule has 0 atom stereocenters. The Balaban J connectivity index is 2.53. The number of aliphatic hydroxyl groups excluding tert-OH is 1. The van der Waals surface area contributed by atoms with E-state index in [2.05, 4.69) is 11.1 Å². The number of aromatic amines is 1. The van der Waals surface area contributed by atoms with Crippen LogP contribution in [0.2, 0.25) is 0 Å². The molecule has 0 bridgehead atoms. The van der Waals surface area contributed by atoms with Crippen molar-refractivity contribution in [3.05, 3.63) is 41.6 Å². The minimum Gasteiger partial charge on any atom is -0.392 e. The topological polar surface area (TPSA) is 36.0 Å². The first-order chi connectivity index (χ1) is 6.81. The number of aliphatic hydroxyl groups is 1. The molecule has 0 saturated heterocycles. The average Bonchev–Trinajstić information content (AvgIpc) is 2.62. The van der Waals surface area contributed by atoms with Crippen molar-refractivity contribution in [3.63, 3.8) is 0 Å². The molecule has 0 saturated carbocycles. The Bertz CT molecular complexity index is 468. The fraction of sp³-hybridized carbons (Fsp3) is 0.167. The molecule has 2 heteroatoms. The quantitative estimate of drug-likeness (QED) is 0.744. The van der Waals surface area contributed by atoms with Gasteiger partial charge in [-0.05, 0) is 24.1 Å². The van der Waals surface area contributed by atoms with E-state index in [1.54, 1.807) is 0 Å². The zero-order chi connectivity index (χ0) is 9.97. The summed E-state index contributed by atoms with van der Waals surface area (Å²) in [5.41, 5.74) is 3.23. The minimum absolute atomic E-state index is 0.111. The van der Waals surface area contributed by atoms with E-state index in [0.717, 1.165) is 16.7 Å². The van der Waals surface area contributed by atoms with E-state index in [-0.39, 0.29) is 6.61 Å². The maximum Gasteiger partial charge on any atom is 0.0642 e. The van der Waals surface area contributed by atoms with Gasteiger partial charge in [0.05, 0.1) is 6.61 Å². The summed E-state index contributed by atoms with van der Waals surface area (Å²) < 4.78 is 0. The summed E-state index contributed by atoms with van der Waals surface area (Å²) in [6.45, 7) is 2.03. The van der Waals surface area contributed by atoms with Crippen molar-refractivity contribution >= 4 is 17.0 Å². The van der Waals surface area contributed by atoms with Crippen molar-refractivity contribution in [2.75, 3.05) is 6.61 Å². The van der Waals surface area contributed by atoms with E-state index in [1.807, 2.05) is 37.4 Å². The molecule has 72 valence electrons. The highest BCUT2D eigenvalue weighted by molar-refractivity contribution is 5.89. The molecule has 0 spiro atoms. The van der Waals surface area contributed by atoms with Crippen LogP contribution in [0.3, 0.4) is 0 Å². The highest BCUT2D eigenvalue weighted by atomic mass is 16.3. The summed E-state index contributed by atoms with van der Waals surface area (Å²) in [4.78, 5) is 3.19. The summed E-state index contributed by atoms with van der Waals surface area (Å²) in [5.74, 6) is 0. The van der Waals surface area contributed by atoms with E-state index in [4.69, 9.17) is 5.11 Å². The average molecular weight is 187 g/mol. The lowest BCUT2D eigenvalue weighted by Gasteiger charge is -1.94. The second-order valence-corrected chi connectivity index (χ2v) is 3.44. The van der Waals surface area contributed by atoms with Crippen LogP contribution in [-0.4, -0.2) is 16.7 Å². The van der Waals surface area contributed by atoms with Crippen molar-refractivity contribution in [1.29, 1.82) is 0 Å². The van der Waals surface area contributed by atoms with Gasteiger partial charge >= 0.3 is 0 Å². The van der Waals surface area contributed by atoms with Gasteiger partial charge in [0.25, 0.3) is 0 Å². The van der Waals surface area contributed by atoms with Gasteiger partial charge in [0.1, 0.15) is 0 Å². The van der Waals surface area contributed by atoms with E-state index < -0.39 is 0 Å². The molecule has 0 radical (unpaired) electrons. The van der Waals surface area contributed by atoms with Gasteiger partial charge in [0, 0.05) is 17.1 Å². The van der Waals surface area contributed by atoms with Crippen molar-refractivity contribution in [2.24, 2.45) is 0 Å². The minimum atomic E-state index is 0.111. The Morgan fingerprint density at radius 3 is 3.00 bits per heavy atom. The SMILES string of the molecule is CC(=Cc1c[nH]c2ccccc12)CO. The predicted molar refractivity (Wildman–Crippen MR) is 59.0 cm³/mol. The first-order valence-corrected chi connectivity index (χ1v) is 4.65. The fourth-order valence-electron chi connectivity index (χ4n) is 1.52. The summed E-state index contributed by atoms with van der Waals surface area (Å²) in [5, 5.41) is 10.1. The lowest BCUT2D eigenvalue weighted by Crippen LogP contribution is -1.82. The Hall–Kier alpha value is -1.54. The lowest BCUT2D eigenvalue weighted by molar-refractivity contribution is 0.332. The van der Waals surface area contributed by atoms with Gasteiger partial charge in [-0.25, -0.2) is 0 Å². The molecule has 1 aromatic carbocycles. The number of hydrogen-bond acceptors (Lipinski definition) is 1. The molecule has 14 heavy (non-hydrogen) atoms. The van der Waals surface area contributed by atoms with Gasteiger partial charge in [-0.3, -0.25) is 0 Å². The molecule has 0 fully saturated rings. The molecule has 0 aliphatic carbocycles. The highest BCUT2D eigenvalue weighted by Gasteiger charge is 1.99. The molecule has 0 amide bonds. The Kier molecular flexibility index (Phi) is 2.37. The number of rotatable bonds is 2. The van der Waals surface area contributed by atoms with Crippen molar-refractivity contribution in [1.82, 2.24) is 4.98 Å². The Morgan fingerprint density at radius 2 is 2.21 bits per heavy atom. The first kappa shape index (κ1) is 9.03. The third-order valence-corrected chi connectivity index (χ3v) is 2.27. The van der Waals surface area contributed by atoms with Crippen LogP contribution in [0.5, 0.6) is 0 Å². The van der Waals surface area contributed by atoms with E-state index in [9.17, 15) is 0 Å². The molecule has 1 aromatic heterocycles. The third kappa shape index (κ3) is 1.56. The van der Waals surface area contributed by atoms with E-state index >= 15 is 0 Å². The zero-order valence-electron chi connectivity index (χ0n) is 8.12. The van der Waals surface area contributed by atoms with Crippen LogP contribution in [-0.2, 0) is 0 Å². The Morgan fingerprint density at radius 1 is 1.43 bits per heavy atom. The van der Waals surface area contributed by atoms with Gasteiger partial charge in [-0.1, -0.05) is 24.3 Å². The van der Waals surface area contributed by atoms with Crippen LogP contribution in [0, 0.1) is 0 Å². The summed E-state index contributed by atoms with van der Waals surface area (Å²) >= 11 is 0. The normalized spacial score (nSPS) is 12.3. The zero-order valence-corrected chi connectivity index (χ0v) is 8.12. The van der Waals surface area contributed by atoms with Crippen LogP contribution >= 0.6 is 0 Å². The summed E-state index contributed by atoms with van der Waals surface area (Å²) in [6, 6.07) is 8.14. The molecule has 1 heterocycles. The molecular formula is C12H13NO. The van der Waals surface area contributed by atoms with Crippen LogP contribution in [0.1, 0.15) is 12.5 Å². The molecule has 0 aliphatic heterocycles. The van der Waals surface area contributed by atoms with Crippen molar-refractivity contribution < 1.29 is 5.11 Å². The van der Waals surface area contributed by atoms with Crippen LogP contribution in [0.15, 0.2) is 36.0 Å². The molecule has 2 nitrogen and oxygen atoms in total. The largest absolute Gasteiger partial charge is 0.392 e. The summed E-state index contributed by atoms with van der Waals surface area (Å²) in [7, 11) is 0. The standard InChI is InChI=1S/C12H13NO/c1-9(8-14)6-10-7-13-12-5-3-2-4-11(10)12/h2-7,13-14H,8H2,1H3. The van der Waals surface area contributed by atoms with Crippen molar-refractivity contribution in [3.8, 4) is 0 Å². The molecule has 2 aromatic rings. The van der Waals surface area contributed by atoms with Gasteiger partial charge in [-0.2, -0.15) is 0 Å². The van der Waals surface area contributed by atoms with E-state index in [0.29, 0.717) is 0 Å². The van der Waals surface area contributed by atoms with Crippen LogP contribution in [0.25, 0.3) is 17.0 Å². The number of fused-ring (bicyclic) bond motifs is 1. The van der Waals surface area contributed by atoms with E-state index in [1.165, 1.54) is 5.39 Å². The molecule has 2 rings (SSSR count). The number of nitrogens with one attached hydrogen (secondary N) is 1. The summed E-state index contributed by atoms with van der Waals surface area (Å²) in [6.07, 6.45) is 3.96. The maximum atomic E-state index is 8.93. The van der Waals surface area contributed by atoms with Gasteiger partial charge in [-0.15, -0.1) is 0 Å². The number of para-hydroxylation sites is 1. The first-order valence-electron chi connectivity index (χ1n) is 4.65. The number of H-pyrrole nitrogens is 1. The second-order valence-electron chi connectivity index (χ2n) is 3.44. The van der Waals surface area contributed by atoms with Gasteiger partial charge < -0.3 is 10.1 Å². The predicted octanol–water partition coefficient (Wildman–Crippen LogP) is 2.56. The fourth-order valence-corrected chi connectivity index (χ4v) is 1.52. The molecule has 0 aliphatic rings. The Labute approximate surface area is 82.9 Å². The molecular weight excluding hydrogens is 174 g/mol. The highest BCUT2D eigenvalue weighted by Crippen LogP contribution is 2.19. The smallest absolute Gasteiger partial charge is 0.0642 e. The van der Waals surface area contributed by atoms with Gasteiger partial charge in [0.2, 0.25) is 0 Å².